The minimum atomic E-state index is 0.777. The Labute approximate surface area is 104 Å². The highest BCUT2D eigenvalue weighted by Crippen LogP contribution is 2.21. The van der Waals surface area contributed by atoms with Gasteiger partial charge in [-0.05, 0) is 13.3 Å². The van der Waals surface area contributed by atoms with Crippen molar-refractivity contribution in [2.45, 2.75) is 26.7 Å². The largest absolute Gasteiger partial charge is 0.349 e. The van der Waals surface area contributed by atoms with Gasteiger partial charge < -0.3 is 4.90 Å². The fourth-order valence-electron chi connectivity index (χ4n) is 1.86. The molecule has 0 aliphatic rings. The van der Waals surface area contributed by atoms with Crippen molar-refractivity contribution in [2.24, 2.45) is 0 Å². The number of aryl methyl sites for hydroxylation is 1. The average molecular weight is 231 g/mol. The molecule has 0 saturated heterocycles. The minimum Gasteiger partial charge on any atom is -0.349 e. The molecule has 0 radical (unpaired) electrons. The van der Waals surface area contributed by atoms with Crippen LogP contribution in [-0.4, -0.2) is 23.1 Å². The highest BCUT2D eigenvalue weighted by molar-refractivity contribution is 5.49. The summed E-state index contributed by atoms with van der Waals surface area (Å²) in [5.41, 5.74) is 2.30. The SMILES string of the molecule is C=CCN(CC=C)c1ncnc(C)c1CCC. The molecule has 0 N–H and O–H groups in total. The second kappa shape index (κ2) is 6.84. The van der Waals surface area contributed by atoms with Gasteiger partial charge in [0.2, 0.25) is 0 Å². The first-order chi connectivity index (χ1) is 8.24. The van der Waals surface area contributed by atoms with E-state index < -0.39 is 0 Å². The summed E-state index contributed by atoms with van der Waals surface area (Å²) in [7, 11) is 0. The summed E-state index contributed by atoms with van der Waals surface area (Å²) in [4.78, 5) is 10.9. The number of nitrogens with zero attached hydrogens (tertiary/aromatic N) is 3. The first-order valence-electron chi connectivity index (χ1n) is 6.01. The number of rotatable bonds is 7. The van der Waals surface area contributed by atoms with Crippen molar-refractivity contribution >= 4 is 5.82 Å². The molecule has 0 aliphatic carbocycles. The van der Waals surface area contributed by atoms with Gasteiger partial charge in [-0.2, -0.15) is 0 Å². The lowest BCUT2D eigenvalue weighted by atomic mass is 10.1. The van der Waals surface area contributed by atoms with Crippen molar-refractivity contribution in [1.82, 2.24) is 9.97 Å². The van der Waals surface area contributed by atoms with E-state index in [0.29, 0.717) is 0 Å². The molecule has 0 spiro atoms. The molecule has 0 unspecified atom stereocenters. The van der Waals surface area contributed by atoms with Crippen LogP contribution < -0.4 is 4.90 Å². The minimum absolute atomic E-state index is 0.777. The molecule has 1 aromatic rings. The standard InChI is InChI=1S/C14H21N3/c1-5-8-13-12(4)15-11-16-14(13)17(9-6-2)10-7-3/h6-7,11H,2-3,5,8-10H2,1,4H3. The average Bonchev–Trinajstić information content (AvgIpc) is 2.32. The Morgan fingerprint density at radius 3 is 2.41 bits per heavy atom. The van der Waals surface area contributed by atoms with Crippen molar-refractivity contribution in [3.8, 4) is 0 Å². The van der Waals surface area contributed by atoms with Crippen LogP contribution in [0.5, 0.6) is 0 Å². The summed E-state index contributed by atoms with van der Waals surface area (Å²) in [6.07, 6.45) is 7.50. The van der Waals surface area contributed by atoms with Gasteiger partial charge in [0.15, 0.2) is 0 Å². The van der Waals surface area contributed by atoms with Crippen LogP contribution in [0.1, 0.15) is 24.6 Å². The zero-order valence-electron chi connectivity index (χ0n) is 10.8. The van der Waals surface area contributed by atoms with E-state index in [-0.39, 0.29) is 0 Å². The quantitative estimate of drug-likeness (QED) is 0.676. The maximum absolute atomic E-state index is 4.41. The maximum Gasteiger partial charge on any atom is 0.135 e. The summed E-state index contributed by atoms with van der Waals surface area (Å²) in [5.74, 6) is 1.01. The zero-order chi connectivity index (χ0) is 12.7. The fraction of sp³-hybridized carbons (Fsp3) is 0.429. The zero-order valence-corrected chi connectivity index (χ0v) is 10.8. The molecular formula is C14H21N3. The Hall–Kier alpha value is -1.64. The monoisotopic (exact) mass is 231 g/mol. The molecule has 1 aromatic heterocycles. The van der Waals surface area contributed by atoms with Gasteiger partial charge in [0, 0.05) is 24.3 Å². The molecule has 0 atom stereocenters. The highest BCUT2D eigenvalue weighted by Gasteiger charge is 2.12. The molecule has 92 valence electrons. The molecule has 0 aromatic carbocycles. The summed E-state index contributed by atoms with van der Waals surface area (Å²) in [6.45, 7) is 13.3. The van der Waals surface area contributed by atoms with E-state index in [1.165, 1.54) is 5.56 Å². The number of anilines is 1. The second-order valence-corrected chi connectivity index (χ2v) is 3.99. The third-order valence-corrected chi connectivity index (χ3v) is 2.64. The molecule has 0 bridgehead atoms. The first kappa shape index (κ1) is 13.4. The van der Waals surface area contributed by atoms with Gasteiger partial charge in [0.1, 0.15) is 12.1 Å². The predicted octanol–water partition coefficient (Wildman–Crippen LogP) is 2.92. The predicted molar refractivity (Wildman–Crippen MR) is 73.4 cm³/mol. The van der Waals surface area contributed by atoms with Crippen LogP contribution in [0.3, 0.4) is 0 Å². The second-order valence-electron chi connectivity index (χ2n) is 3.99. The topological polar surface area (TPSA) is 29.0 Å². The fourth-order valence-corrected chi connectivity index (χ4v) is 1.86. The van der Waals surface area contributed by atoms with Gasteiger partial charge in [-0.25, -0.2) is 9.97 Å². The van der Waals surface area contributed by atoms with Crippen molar-refractivity contribution in [1.29, 1.82) is 0 Å². The van der Waals surface area contributed by atoms with Gasteiger partial charge in [-0.15, -0.1) is 13.2 Å². The van der Waals surface area contributed by atoms with Crippen LogP contribution in [-0.2, 0) is 6.42 Å². The van der Waals surface area contributed by atoms with Gasteiger partial charge >= 0.3 is 0 Å². The van der Waals surface area contributed by atoms with Crippen LogP contribution >= 0.6 is 0 Å². The van der Waals surface area contributed by atoms with Crippen LogP contribution in [0.2, 0.25) is 0 Å². The smallest absolute Gasteiger partial charge is 0.135 e. The third-order valence-electron chi connectivity index (χ3n) is 2.64. The molecule has 17 heavy (non-hydrogen) atoms. The van der Waals surface area contributed by atoms with Crippen molar-refractivity contribution in [3.05, 3.63) is 42.9 Å². The van der Waals surface area contributed by atoms with Crippen LogP contribution in [0.15, 0.2) is 31.6 Å². The van der Waals surface area contributed by atoms with Gasteiger partial charge in [-0.1, -0.05) is 25.5 Å². The Bertz CT molecular complexity index is 375. The van der Waals surface area contributed by atoms with E-state index in [2.05, 4.69) is 34.9 Å². The van der Waals surface area contributed by atoms with Crippen LogP contribution in [0.25, 0.3) is 0 Å². The lowest BCUT2D eigenvalue weighted by molar-refractivity contribution is 0.840. The third kappa shape index (κ3) is 3.41. The molecule has 0 aliphatic heterocycles. The van der Waals surface area contributed by atoms with Crippen molar-refractivity contribution in [2.75, 3.05) is 18.0 Å². The maximum atomic E-state index is 4.41. The van der Waals surface area contributed by atoms with Crippen LogP contribution in [0.4, 0.5) is 5.82 Å². The molecule has 0 saturated carbocycles. The Balaban J connectivity index is 3.11. The highest BCUT2D eigenvalue weighted by atomic mass is 15.2. The molecular weight excluding hydrogens is 210 g/mol. The molecule has 3 nitrogen and oxygen atoms in total. The Kier molecular flexibility index (Phi) is 5.40. The van der Waals surface area contributed by atoms with E-state index in [4.69, 9.17) is 0 Å². The molecule has 3 heteroatoms. The summed E-state index contributed by atoms with van der Waals surface area (Å²) in [6, 6.07) is 0. The first-order valence-corrected chi connectivity index (χ1v) is 6.01. The number of aromatic nitrogens is 2. The lowest BCUT2D eigenvalue weighted by Crippen LogP contribution is -2.26. The van der Waals surface area contributed by atoms with Crippen molar-refractivity contribution < 1.29 is 0 Å². The van der Waals surface area contributed by atoms with Crippen LogP contribution in [0, 0.1) is 6.92 Å². The van der Waals surface area contributed by atoms with E-state index in [9.17, 15) is 0 Å². The van der Waals surface area contributed by atoms with E-state index in [1.807, 2.05) is 19.1 Å². The molecule has 0 amide bonds. The summed E-state index contributed by atoms with van der Waals surface area (Å²) in [5, 5.41) is 0. The van der Waals surface area contributed by atoms with E-state index in [1.54, 1.807) is 6.33 Å². The normalized spacial score (nSPS) is 10.0. The van der Waals surface area contributed by atoms with Gasteiger partial charge in [0.25, 0.3) is 0 Å². The molecule has 1 heterocycles. The van der Waals surface area contributed by atoms with Gasteiger partial charge in [-0.3, -0.25) is 0 Å². The molecule has 1 rings (SSSR count). The van der Waals surface area contributed by atoms with Gasteiger partial charge in [0.05, 0.1) is 0 Å². The summed E-state index contributed by atoms with van der Waals surface area (Å²) >= 11 is 0. The van der Waals surface area contributed by atoms with E-state index >= 15 is 0 Å². The Morgan fingerprint density at radius 1 is 1.24 bits per heavy atom. The molecule has 0 fully saturated rings. The van der Waals surface area contributed by atoms with Crippen molar-refractivity contribution in [3.63, 3.8) is 0 Å². The Morgan fingerprint density at radius 2 is 1.88 bits per heavy atom. The number of hydrogen-bond acceptors (Lipinski definition) is 3. The summed E-state index contributed by atoms with van der Waals surface area (Å²) < 4.78 is 0. The number of hydrogen-bond donors (Lipinski definition) is 0. The van der Waals surface area contributed by atoms with E-state index in [0.717, 1.165) is 37.4 Å². The lowest BCUT2D eigenvalue weighted by Gasteiger charge is -2.23.